The number of rotatable bonds is 3. The van der Waals surface area contributed by atoms with Crippen LogP contribution in [-0.2, 0) is 16.4 Å². The van der Waals surface area contributed by atoms with Crippen molar-refractivity contribution >= 4 is 15.7 Å². The predicted molar refractivity (Wildman–Crippen MR) is 62.4 cm³/mol. The highest BCUT2D eigenvalue weighted by molar-refractivity contribution is 7.91. The van der Waals surface area contributed by atoms with Crippen molar-refractivity contribution < 1.29 is 13.2 Å². The van der Waals surface area contributed by atoms with Gasteiger partial charge in [-0.2, -0.15) is 5.10 Å². The number of nitrogens with zero attached hydrogens (tertiary/aromatic N) is 2. The van der Waals surface area contributed by atoms with Crippen molar-refractivity contribution in [2.75, 3.05) is 11.5 Å². The van der Waals surface area contributed by atoms with Gasteiger partial charge in [-0.25, -0.2) is 8.42 Å². The van der Waals surface area contributed by atoms with Gasteiger partial charge in [0, 0.05) is 18.8 Å². The van der Waals surface area contributed by atoms with Crippen LogP contribution in [0.2, 0.25) is 0 Å². The molecule has 0 aromatic carbocycles. The minimum Gasteiger partial charge on any atom is -0.347 e. The summed E-state index contributed by atoms with van der Waals surface area (Å²) < 4.78 is 24.1. The lowest BCUT2D eigenvalue weighted by Gasteiger charge is -2.11. The van der Waals surface area contributed by atoms with Gasteiger partial charge in [-0.1, -0.05) is 0 Å². The third-order valence-electron chi connectivity index (χ3n) is 2.82. The number of hydrogen-bond donors (Lipinski definition) is 1. The van der Waals surface area contributed by atoms with Crippen molar-refractivity contribution in [3.05, 3.63) is 18.0 Å². The van der Waals surface area contributed by atoms with Gasteiger partial charge < -0.3 is 5.32 Å². The largest absolute Gasteiger partial charge is 0.347 e. The molecule has 94 valence electrons. The van der Waals surface area contributed by atoms with Crippen molar-refractivity contribution in [2.45, 2.75) is 25.9 Å². The molecule has 1 aromatic heterocycles. The fourth-order valence-electron chi connectivity index (χ4n) is 1.95. The number of hydrogen-bond acceptors (Lipinski definition) is 4. The average molecular weight is 257 g/mol. The molecule has 1 N–H and O–H groups in total. The van der Waals surface area contributed by atoms with Gasteiger partial charge in [0.2, 0.25) is 0 Å². The topological polar surface area (TPSA) is 81.1 Å². The Hall–Kier alpha value is -1.37. The quantitative estimate of drug-likeness (QED) is 0.814. The first-order valence-corrected chi connectivity index (χ1v) is 7.37. The second kappa shape index (κ2) is 4.48. The van der Waals surface area contributed by atoms with Gasteiger partial charge in [-0.15, -0.1) is 0 Å². The molecule has 0 spiro atoms. The standard InChI is InChI=1S/C10H15N3O3S/c1-2-13-9(3-5-11-13)10(14)12-8-4-6-17(15,16)7-8/h3,5,8H,2,4,6-7H2,1H3,(H,12,14)/t8-/m0/s1. The molecule has 1 saturated heterocycles. The zero-order valence-electron chi connectivity index (χ0n) is 9.59. The van der Waals surface area contributed by atoms with Gasteiger partial charge in [-0.3, -0.25) is 9.48 Å². The smallest absolute Gasteiger partial charge is 0.269 e. The van der Waals surface area contributed by atoms with Gasteiger partial charge in [0.15, 0.2) is 9.84 Å². The van der Waals surface area contributed by atoms with E-state index in [1.165, 1.54) is 0 Å². The van der Waals surface area contributed by atoms with Gasteiger partial charge in [0.1, 0.15) is 5.69 Å². The Bertz CT molecular complexity index is 521. The van der Waals surface area contributed by atoms with Crippen LogP contribution in [0.5, 0.6) is 0 Å². The molecule has 0 unspecified atom stereocenters. The predicted octanol–water partition coefficient (Wildman–Crippen LogP) is -0.180. The first kappa shape index (κ1) is 12.1. The Labute approximate surface area is 99.9 Å². The molecule has 1 aliphatic heterocycles. The Morgan fingerprint density at radius 1 is 1.65 bits per heavy atom. The molecule has 1 amide bonds. The molecule has 1 fully saturated rings. The summed E-state index contributed by atoms with van der Waals surface area (Å²) in [4.78, 5) is 11.9. The van der Waals surface area contributed by atoms with Crippen molar-refractivity contribution in [1.29, 1.82) is 0 Å². The summed E-state index contributed by atoms with van der Waals surface area (Å²) >= 11 is 0. The molecule has 0 bridgehead atoms. The second-order valence-electron chi connectivity index (χ2n) is 4.11. The molecule has 0 radical (unpaired) electrons. The molecule has 6 nitrogen and oxygen atoms in total. The van der Waals surface area contributed by atoms with Crippen LogP contribution in [0.3, 0.4) is 0 Å². The molecule has 0 saturated carbocycles. The molecule has 0 aliphatic carbocycles. The maximum absolute atomic E-state index is 11.9. The van der Waals surface area contributed by atoms with E-state index in [0.29, 0.717) is 18.7 Å². The number of amides is 1. The highest BCUT2D eigenvalue weighted by Gasteiger charge is 2.29. The minimum absolute atomic E-state index is 0.0407. The van der Waals surface area contributed by atoms with Crippen LogP contribution >= 0.6 is 0 Å². The fourth-order valence-corrected chi connectivity index (χ4v) is 3.62. The van der Waals surface area contributed by atoms with Crippen LogP contribution in [0, 0.1) is 0 Å². The van der Waals surface area contributed by atoms with Crippen LogP contribution in [0.4, 0.5) is 0 Å². The Balaban J connectivity index is 2.03. The highest BCUT2D eigenvalue weighted by atomic mass is 32.2. The SMILES string of the molecule is CCn1nccc1C(=O)N[C@H]1CCS(=O)(=O)C1. The summed E-state index contributed by atoms with van der Waals surface area (Å²) in [5.74, 6) is -0.0595. The van der Waals surface area contributed by atoms with Crippen molar-refractivity contribution in [1.82, 2.24) is 15.1 Å². The van der Waals surface area contributed by atoms with Crippen molar-refractivity contribution in [2.24, 2.45) is 0 Å². The van der Waals surface area contributed by atoms with E-state index in [9.17, 15) is 13.2 Å². The van der Waals surface area contributed by atoms with Crippen LogP contribution < -0.4 is 5.32 Å². The molecular weight excluding hydrogens is 242 g/mol. The van der Waals surface area contributed by atoms with Crippen LogP contribution in [-0.4, -0.2) is 41.7 Å². The molecule has 1 aromatic rings. The number of nitrogens with one attached hydrogen (secondary N) is 1. The molecular formula is C10H15N3O3S. The Morgan fingerprint density at radius 2 is 2.41 bits per heavy atom. The van der Waals surface area contributed by atoms with E-state index in [0.717, 1.165) is 0 Å². The lowest BCUT2D eigenvalue weighted by Crippen LogP contribution is -2.36. The first-order valence-electron chi connectivity index (χ1n) is 5.55. The zero-order valence-corrected chi connectivity index (χ0v) is 10.4. The zero-order chi connectivity index (χ0) is 12.5. The minimum atomic E-state index is -2.96. The van der Waals surface area contributed by atoms with E-state index >= 15 is 0 Å². The normalized spacial score (nSPS) is 22.5. The van der Waals surface area contributed by atoms with E-state index in [-0.39, 0.29) is 23.5 Å². The molecule has 17 heavy (non-hydrogen) atoms. The number of aromatic nitrogens is 2. The number of carbonyl (C=O) groups excluding carboxylic acids is 1. The first-order chi connectivity index (χ1) is 8.02. The maximum atomic E-state index is 11.9. The van der Waals surface area contributed by atoms with E-state index in [2.05, 4.69) is 10.4 Å². The van der Waals surface area contributed by atoms with Gasteiger partial charge in [-0.05, 0) is 19.4 Å². The fraction of sp³-hybridized carbons (Fsp3) is 0.600. The number of aryl methyl sites for hydroxylation is 1. The van der Waals surface area contributed by atoms with Crippen molar-refractivity contribution in [3.63, 3.8) is 0 Å². The summed E-state index contributed by atoms with van der Waals surface area (Å²) in [5, 5.41) is 6.73. The van der Waals surface area contributed by atoms with Gasteiger partial charge in [0.25, 0.3) is 5.91 Å². The number of carbonyl (C=O) groups is 1. The van der Waals surface area contributed by atoms with E-state index < -0.39 is 9.84 Å². The van der Waals surface area contributed by atoms with Crippen LogP contribution in [0.15, 0.2) is 12.3 Å². The second-order valence-corrected chi connectivity index (χ2v) is 6.33. The maximum Gasteiger partial charge on any atom is 0.269 e. The lowest BCUT2D eigenvalue weighted by atomic mass is 10.2. The van der Waals surface area contributed by atoms with E-state index in [1.54, 1.807) is 16.9 Å². The van der Waals surface area contributed by atoms with Gasteiger partial charge in [0.05, 0.1) is 11.5 Å². The van der Waals surface area contributed by atoms with Crippen LogP contribution in [0.1, 0.15) is 23.8 Å². The van der Waals surface area contributed by atoms with E-state index in [4.69, 9.17) is 0 Å². The summed E-state index contributed by atoms with van der Waals surface area (Å²) in [7, 11) is -2.96. The molecule has 7 heteroatoms. The average Bonchev–Trinajstić information content (AvgIpc) is 2.84. The molecule has 1 atom stereocenters. The molecule has 1 aliphatic rings. The van der Waals surface area contributed by atoms with E-state index in [1.807, 2.05) is 6.92 Å². The summed E-state index contributed by atoms with van der Waals surface area (Å²) in [6, 6.07) is 1.36. The summed E-state index contributed by atoms with van der Waals surface area (Å²) in [6.07, 6.45) is 2.05. The monoisotopic (exact) mass is 257 g/mol. The van der Waals surface area contributed by atoms with Crippen LogP contribution in [0.25, 0.3) is 0 Å². The Morgan fingerprint density at radius 3 is 3.00 bits per heavy atom. The lowest BCUT2D eigenvalue weighted by molar-refractivity contribution is 0.0930. The molecule has 2 heterocycles. The summed E-state index contributed by atoms with van der Waals surface area (Å²) in [5.41, 5.74) is 0.469. The third kappa shape index (κ3) is 2.66. The highest BCUT2D eigenvalue weighted by Crippen LogP contribution is 2.12. The number of sulfone groups is 1. The Kier molecular flexibility index (Phi) is 3.19. The van der Waals surface area contributed by atoms with Crippen molar-refractivity contribution in [3.8, 4) is 0 Å². The van der Waals surface area contributed by atoms with Gasteiger partial charge >= 0.3 is 0 Å². The summed E-state index contributed by atoms with van der Waals surface area (Å²) in [6.45, 7) is 2.50. The molecule has 2 rings (SSSR count). The third-order valence-corrected chi connectivity index (χ3v) is 4.58.